The molecule has 3 atom stereocenters. The molecule has 1 aromatic rings. The summed E-state index contributed by atoms with van der Waals surface area (Å²) in [6.07, 6.45) is 0.376. The number of hydrogen-bond acceptors (Lipinski definition) is 6. The molecule has 1 aromatic carbocycles. The minimum Gasteiger partial charge on any atom is -0.453 e. The van der Waals surface area contributed by atoms with Crippen LogP contribution in [-0.4, -0.2) is 40.5 Å². The Morgan fingerprint density at radius 1 is 1.14 bits per heavy atom. The molecule has 0 aromatic heterocycles. The molecule has 6 nitrogen and oxygen atoms in total. The van der Waals surface area contributed by atoms with Crippen molar-refractivity contribution >= 4 is 11.9 Å². The maximum Gasteiger partial charge on any atom is 0.342 e. The fourth-order valence-electron chi connectivity index (χ4n) is 1.98. The third-order valence-electron chi connectivity index (χ3n) is 3.08. The zero-order valence-electron chi connectivity index (χ0n) is 11.9. The second-order valence-corrected chi connectivity index (χ2v) is 4.74. The molecule has 22 heavy (non-hydrogen) atoms. The summed E-state index contributed by atoms with van der Waals surface area (Å²) in [6.45, 7) is 1.22. The van der Waals surface area contributed by atoms with E-state index in [0.717, 1.165) is 6.26 Å². The molecule has 0 fully saturated rings. The molecule has 0 amide bonds. The first kappa shape index (κ1) is 15.9. The van der Waals surface area contributed by atoms with Crippen LogP contribution >= 0.6 is 0 Å². The van der Waals surface area contributed by atoms with Gasteiger partial charge < -0.3 is 19.7 Å². The molecule has 2 N–H and O–H groups in total. The van der Waals surface area contributed by atoms with Crippen LogP contribution in [0.2, 0.25) is 0 Å². The lowest BCUT2D eigenvalue weighted by Gasteiger charge is -2.27. The summed E-state index contributed by atoms with van der Waals surface area (Å²) in [5.41, 5.74) is 0.430. The van der Waals surface area contributed by atoms with Crippen LogP contribution in [0, 0.1) is 0 Å². The van der Waals surface area contributed by atoms with Gasteiger partial charge in [0, 0.05) is 12.5 Å². The molecular weight excluding hydrogens is 288 g/mol. The molecule has 2 rings (SSSR count). The Morgan fingerprint density at radius 3 is 2.45 bits per heavy atom. The first-order valence-corrected chi connectivity index (χ1v) is 6.66. The van der Waals surface area contributed by atoms with Crippen LogP contribution in [0.4, 0.5) is 0 Å². The number of carbonyl (C=O) groups is 2. The first-order chi connectivity index (χ1) is 10.5. The molecule has 0 unspecified atom stereocenters. The Balaban J connectivity index is 2.17. The molecule has 0 bridgehead atoms. The van der Waals surface area contributed by atoms with Gasteiger partial charge in [0.15, 0.2) is 0 Å². The van der Waals surface area contributed by atoms with E-state index in [4.69, 9.17) is 9.47 Å². The van der Waals surface area contributed by atoms with E-state index in [1.165, 1.54) is 19.1 Å². The molecule has 0 aliphatic heterocycles. The minimum absolute atomic E-state index is 0.0921. The highest BCUT2D eigenvalue weighted by Gasteiger charge is 2.31. The number of rotatable bonds is 3. The van der Waals surface area contributed by atoms with Gasteiger partial charge in [0.1, 0.15) is 24.6 Å². The van der Waals surface area contributed by atoms with E-state index >= 15 is 0 Å². The predicted octanol–water partition coefficient (Wildman–Crippen LogP) is 0.951. The number of aliphatic hydroxyl groups excluding tert-OH is 2. The SMILES string of the molecule is CC(=O)O[C@@H]1C=C[C@H](O)[C@@H](O)/C1=C/OC(=O)c1ccccc1. The Hall–Kier alpha value is -2.44. The van der Waals surface area contributed by atoms with Crippen molar-refractivity contribution in [1.82, 2.24) is 0 Å². The smallest absolute Gasteiger partial charge is 0.342 e. The monoisotopic (exact) mass is 304 g/mol. The number of aliphatic hydroxyl groups is 2. The fourth-order valence-corrected chi connectivity index (χ4v) is 1.98. The van der Waals surface area contributed by atoms with Crippen LogP contribution < -0.4 is 0 Å². The maximum atomic E-state index is 11.9. The van der Waals surface area contributed by atoms with Crippen molar-refractivity contribution in [2.24, 2.45) is 0 Å². The van der Waals surface area contributed by atoms with Crippen molar-refractivity contribution in [1.29, 1.82) is 0 Å². The van der Waals surface area contributed by atoms with Gasteiger partial charge >= 0.3 is 11.9 Å². The molecule has 0 saturated carbocycles. The highest BCUT2D eigenvalue weighted by molar-refractivity contribution is 5.89. The van der Waals surface area contributed by atoms with E-state index < -0.39 is 30.3 Å². The Labute approximate surface area is 127 Å². The normalized spacial score (nSPS) is 25.8. The summed E-state index contributed by atoms with van der Waals surface area (Å²) in [5, 5.41) is 19.6. The van der Waals surface area contributed by atoms with E-state index in [1.807, 2.05) is 0 Å². The van der Waals surface area contributed by atoms with Gasteiger partial charge in [0.2, 0.25) is 0 Å². The lowest BCUT2D eigenvalue weighted by atomic mass is 9.94. The van der Waals surface area contributed by atoms with Crippen molar-refractivity contribution in [3.63, 3.8) is 0 Å². The average molecular weight is 304 g/mol. The summed E-state index contributed by atoms with van der Waals surface area (Å²) >= 11 is 0. The zero-order valence-corrected chi connectivity index (χ0v) is 11.9. The Kier molecular flexibility index (Phi) is 5.08. The average Bonchev–Trinajstić information content (AvgIpc) is 2.50. The van der Waals surface area contributed by atoms with Gasteiger partial charge in [-0.25, -0.2) is 4.79 Å². The number of hydrogen-bond donors (Lipinski definition) is 2. The Morgan fingerprint density at radius 2 is 1.82 bits per heavy atom. The third kappa shape index (κ3) is 3.81. The molecule has 1 aliphatic carbocycles. The van der Waals surface area contributed by atoms with Gasteiger partial charge in [0.05, 0.1) is 5.56 Å². The second-order valence-electron chi connectivity index (χ2n) is 4.74. The van der Waals surface area contributed by atoms with Crippen LogP contribution in [0.15, 0.2) is 54.3 Å². The summed E-state index contributed by atoms with van der Waals surface area (Å²) in [4.78, 5) is 22.9. The van der Waals surface area contributed by atoms with Crippen LogP contribution in [0.1, 0.15) is 17.3 Å². The van der Waals surface area contributed by atoms with E-state index in [1.54, 1.807) is 30.3 Å². The minimum atomic E-state index is -1.32. The molecule has 1 aliphatic rings. The van der Waals surface area contributed by atoms with Crippen LogP contribution in [0.5, 0.6) is 0 Å². The highest BCUT2D eigenvalue weighted by Crippen LogP contribution is 2.22. The fraction of sp³-hybridized carbons (Fsp3) is 0.250. The highest BCUT2D eigenvalue weighted by atomic mass is 16.5. The number of esters is 2. The van der Waals surface area contributed by atoms with E-state index in [0.29, 0.717) is 5.56 Å². The van der Waals surface area contributed by atoms with E-state index in [-0.39, 0.29) is 5.57 Å². The summed E-state index contributed by atoms with van der Waals surface area (Å²) < 4.78 is 10.0. The molecule has 0 saturated heterocycles. The van der Waals surface area contributed by atoms with Crippen LogP contribution in [0.25, 0.3) is 0 Å². The first-order valence-electron chi connectivity index (χ1n) is 6.66. The lowest BCUT2D eigenvalue weighted by Crippen LogP contribution is -2.37. The summed E-state index contributed by atoms with van der Waals surface area (Å²) in [6, 6.07) is 8.30. The number of carbonyl (C=O) groups excluding carboxylic acids is 2. The summed E-state index contributed by atoms with van der Waals surface area (Å²) in [7, 11) is 0. The van der Waals surface area contributed by atoms with Gasteiger partial charge in [-0.1, -0.05) is 24.3 Å². The lowest BCUT2D eigenvalue weighted by molar-refractivity contribution is -0.143. The van der Waals surface area contributed by atoms with Crippen LogP contribution in [-0.2, 0) is 14.3 Å². The topological polar surface area (TPSA) is 93.1 Å². The molecule has 0 heterocycles. The van der Waals surface area contributed by atoms with Crippen molar-refractivity contribution < 1.29 is 29.3 Å². The second kappa shape index (κ2) is 7.02. The standard InChI is InChI=1S/C16H16O6/c1-10(17)22-14-8-7-13(18)15(19)12(14)9-21-16(20)11-5-3-2-4-6-11/h2-9,13-15,18-19H,1H3/b12-9+/t13-,14+,15-/m0/s1. The van der Waals surface area contributed by atoms with Gasteiger partial charge in [-0.15, -0.1) is 0 Å². The zero-order chi connectivity index (χ0) is 16.1. The van der Waals surface area contributed by atoms with Crippen molar-refractivity contribution in [2.45, 2.75) is 25.2 Å². The molecule has 116 valence electrons. The molecular formula is C16H16O6. The maximum absolute atomic E-state index is 11.9. The number of benzene rings is 1. The van der Waals surface area contributed by atoms with Gasteiger partial charge in [-0.2, -0.15) is 0 Å². The summed E-state index contributed by atoms with van der Waals surface area (Å²) in [5.74, 6) is -1.18. The Bertz CT molecular complexity index is 604. The van der Waals surface area contributed by atoms with Gasteiger partial charge in [0.25, 0.3) is 0 Å². The van der Waals surface area contributed by atoms with Gasteiger partial charge in [-0.3, -0.25) is 4.79 Å². The number of ether oxygens (including phenoxy) is 2. The molecule has 6 heteroatoms. The van der Waals surface area contributed by atoms with E-state index in [9.17, 15) is 19.8 Å². The molecule has 0 radical (unpaired) electrons. The third-order valence-corrected chi connectivity index (χ3v) is 3.08. The van der Waals surface area contributed by atoms with Crippen molar-refractivity contribution in [3.05, 3.63) is 59.9 Å². The van der Waals surface area contributed by atoms with Crippen molar-refractivity contribution in [2.75, 3.05) is 0 Å². The quantitative estimate of drug-likeness (QED) is 0.491. The largest absolute Gasteiger partial charge is 0.453 e. The van der Waals surface area contributed by atoms with Gasteiger partial charge in [-0.05, 0) is 18.2 Å². The molecule has 0 spiro atoms. The van der Waals surface area contributed by atoms with Crippen LogP contribution in [0.3, 0.4) is 0 Å². The van der Waals surface area contributed by atoms with Crippen molar-refractivity contribution in [3.8, 4) is 0 Å². The predicted molar refractivity (Wildman–Crippen MR) is 76.6 cm³/mol. The van der Waals surface area contributed by atoms with E-state index in [2.05, 4.69) is 0 Å².